The molecule has 0 amide bonds. The van der Waals surface area contributed by atoms with Crippen LogP contribution in [0.4, 0.5) is 0 Å². The van der Waals surface area contributed by atoms with Crippen LogP contribution in [0.25, 0.3) is 0 Å². The zero-order valence-electron chi connectivity index (χ0n) is 6.77. The Morgan fingerprint density at radius 3 is 2.92 bits per heavy atom. The van der Waals surface area contributed by atoms with Crippen LogP contribution in [0.1, 0.15) is 12.8 Å². The molecule has 0 N–H and O–H groups in total. The van der Waals surface area contributed by atoms with Gasteiger partial charge < -0.3 is 0 Å². The van der Waals surface area contributed by atoms with Gasteiger partial charge >= 0.3 is 0 Å². The van der Waals surface area contributed by atoms with E-state index in [0.717, 1.165) is 12.8 Å². The maximum Gasteiger partial charge on any atom is 0.0908 e. The van der Waals surface area contributed by atoms with Gasteiger partial charge in [-0.15, -0.1) is 0 Å². The molecular weight excluding hydrogens is 148 g/mol. The zero-order valence-corrected chi connectivity index (χ0v) is 6.77. The molecule has 0 saturated heterocycles. The largest absolute Gasteiger partial charge is 0.198 e. The van der Waals surface area contributed by atoms with Crippen molar-refractivity contribution in [3.63, 3.8) is 0 Å². The molecule has 0 unspecified atom stereocenters. The van der Waals surface area contributed by atoms with Crippen LogP contribution >= 0.6 is 0 Å². The average Bonchev–Trinajstić information content (AvgIpc) is 2.15. The average molecular weight is 158 g/mol. The molecule has 0 spiro atoms. The van der Waals surface area contributed by atoms with Crippen molar-refractivity contribution in [1.29, 1.82) is 10.5 Å². The molecule has 0 aromatic heterocycles. The number of rotatable bonds is 1. The predicted octanol–water partition coefficient (Wildman–Crippen LogP) is 2.17. The van der Waals surface area contributed by atoms with E-state index in [1.807, 2.05) is 24.3 Å². The van der Waals surface area contributed by atoms with E-state index in [4.69, 9.17) is 10.5 Å². The van der Waals surface area contributed by atoms with E-state index in [9.17, 15) is 0 Å². The Hall–Kier alpha value is -1.54. The highest BCUT2D eigenvalue weighted by atomic mass is 14.3. The van der Waals surface area contributed by atoms with Gasteiger partial charge in [-0.3, -0.25) is 0 Å². The highest BCUT2D eigenvalue weighted by Gasteiger charge is 2.17. The topological polar surface area (TPSA) is 47.6 Å². The van der Waals surface area contributed by atoms with E-state index in [2.05, 4.69) is 6.07 Å². The van der Waals surface area contributed by atoms with E-state index in [-0.39, 0.29) is 11.8 Å². The lowest BCUT2D eigenvalue weighted by atomic mass is 9.85. The summed E-state index contributed by atoms with van der Waals surface area (Å²) in [7, 11) is 0. The summed E-state index contributed by atoms with van der Waals surface area (Å²) >= 11 is 0. The molecule has 0 saturated carbocycles. The van der Waals surface area contributed by atoms with Crippen molar-refractivity contribution in [2.75, 3.05) is 0 Å². The van der Waals surface area contributed by atoms with Crippen LogP contribution in [-0.2, 0) is 0 Å². The van der Waals surface area contributed by atoms with Crippen LogP contribution in [0.5, 0.6) is 0 Å². The van der Waals surface area contributed by atoms with Gasteiger partial charge in [0.05, 0.1) is 18.1 Å². The molecule has 0 aromatic carbocycles. The zero-order chi connectivity index (χ0) is 8.81. The third kappa shape index (κ3) is 1.97. The maximum atomic E-state index is 8.74. The summed E-state index contributed by atoms with van der Waals surface area (Å²) < 4.78 is 0. The summed E-state index contributed by atoms with van der Waals surface area (Å²) in [5, 5.41) is 17.1. The third-order valence-electron chi connectivity index (χ3n) is 2.04. The fourth-order valence-corrected chi connectivity index (χ4v) is 1.38. The van der Waals surface area contributed by atoms with E-state index >= 15 is 0 Å². The van der Waals surface area contributed by atoms with Gasteiger partial charge in [-0.25, -0.2) is 0 Å². The third-order valence-corrected chi connectivity index (χ3v) is 2.04. The lowest BCUT2D eigenvalue weighted by Gasteiger charge is -2.18. The monoisotopic (exact) mass is 158 g/mol. The quantitative estimate of drug-likeness (QED) is 0.433. The molecule has 1 aliphatic carbocycles. The maximum absolute atomic E-state index is 8.74. The Bertz CT molecular complexity index is 275. The minimum Gasteiger partial charge on any atom is -0.198 e. The SMILES string of the molecule is N#C/C=C/[C@H]1CCC=C[C@@H]1C#N. The number of hydrogen-bond acceptors (Lipinski definition) is 2. The number of hydrogen-bond donors (Lipinski definition) is 0. The second-order valence-electron chi connectivity index (χ2n) is 2.81. The first-order chi connectivity index (χ1) is 5.88. The van der Waals surface area contributed by atoms with E-state index in [0.29, 0.717) is 0 Å². The molecule has 0 aromatic rings. The highest BCUT2D eigenvalue weighted by Crippen LogP contribution is 2.24. The van der Waals surface area contributed by atoms with Crippen LogP contribution in [0, 0.1) is 34.5 Å². The Morgan fingerprint density at radius 2 is 2.25 bits per heavy atom. The Kier molecular flexibility index (Phi) is 3.11. The van der Waals surface area contributed by atoms with Gasteiger partial charge in [-0.2, -0.15) is 10.5 Å². The standard InChI is InChI=1S/C10H10N2/c11-7-3-6-9-4-1-2-5-10(9)8-12/h2-3,5-6,9-10H,1,4H2/b6-3+/t9-,10-/m1/s1. The van der Waals surface area contributed by atoms with Crippen molar-refractivity contribution in [3.05, 3.63) is 24.3 Å². The van der Waals surface area contributed by atoms with Gasteiger partial charge in [-0.1, -0.05) is 18.2 Å². The summed E-state index contributed by atoms with van der Waals surface area (Å²) in [6.45, 7) is 0. The van der Waals surface area contributed by atoms with Crippen LogP contribution in [0.2, 0.25) is 0 Å². The first kappa shape index (κ1) is 8.56. The molecule has 12 heavy (non-hydrogen) atoms. The van der Waals surface area contributed by atoms with Crippen molar-refractivity contribution in [1.82, 2.24) is 0 Å². The van der Waals surface area contributed by atoms with Gasteiger partial charge in [0.1, 0.15) is 0 Å². The Labute approximate surface area is 72.4 Å². The Balaban J connectivity index is 2.65. The van der Waals surface area contributed by atoms with Crippen molar-refractivity contribution >= 4 is 0 Å². The molecular formula is C10H10N2. The lowest BCUT2D eigenvalue weighted by molar-refractivity contribution is 0.504. The van der Waals surface area contributed by atoms with Crippen molar-refractivity contribution in [3.8, 4) is 12.1 Å². The fraction of sp³-hybridized carbons (Fsp3) is 0.400. The van der Waals surface area contributed by atoms with Crippen molar-refractivity contribution in [2.45, 2.75) is 12.8 Å². The molecule has 2 atom stereocenters. The van der Waals surface area contributed by atoms with Gasteiger partial charge in [0.15, 0.2) is 0 Å². The summed E-state index contributed by atoms with van der Waals surface area (Å²) in [5.74, 6) is 0.197. The molecule has 0 bridgehead atoms. The second-order valence-corrected chi connectivity index (χ2v) is 2.81. The number of nitriles is 2. The smallest absolute Gasteiger partial charge is 0.0908 e. The summed E-state index contributed by atoms with van der Waals surface area (Å²) in [4.78, 5) is 0. The first-order valence-corrected chi connectivity index (χ1v) is 4.01. The van der Waals surface area contributed by atoms with Crippen molar-refractivity contribution < 1.29 is 0 Å². The molecule has 0 heterocycles. The van der Waals surface area contributed by atoms with E-state index < -0.39 is 0 Å². The second kappa shape index (κ2) is 4.36. The molecule has 1 rings (SSSR count). The number of allylic oxidation sites excluding steroid dienone is 4. The molecule has 0 radical (unpaired) electrons. The molecule has 60 valence electrons. The first-order valence-electron chi connectivity index (χ1n) is 4.01. The minimum absolute atomic E-state index is 0.0386. The normalized spacial score (nSPS) is 28.2. The summed E-state index contributed by atoms with van der Waals surface area (Å²) in [6.07, 6.45) is 9.25. The minimum atomic E-state index is -0.0386. The molecule has 1 aliphatic rings. The van der Waals surface area contributed by atoms with Crippen molar-refractivity contribution in [2.24, 2.45) is 11.8 Å². The van der Waals surface area contributed by atoms with Crippen LogP contribution in [0.15, 0.2) is 24.3 Å². The fourth-order valence-electron chi connectivity index (χ4n) is 1.38. The predicted molar refractivity (Wildman–Crippen MR) is 45.7 cm³/mol. The molecule has 0 fully saturated rings. The van der Waals surface area contributed by atoms with Crippen LogP contribution in [0.3, 0.4) is 0 Å². The molecule has 2 nitrogen and oxygen atoms in total. The van der Waals surface area contributed by atoms with Gasteiger partial charge in [0.25, 0.3) is 0 Å². The van der Waals surface area contributed by atoms with Gasteiger partial charge in [0, 0.05) is 6.08 Å². The summed E-state index contributed by atoms with van der Waals surface area (Å²) in [5.41, 5.74) is 0. The summed E-state index contributed by atoms with van der Waals surface area (Å²) in [6, 6.07) is 4.16. The lowest BCUT2D eigenvalue weighted by Crippen LogP contribution is -2.11. The van der Waals surface area contributed by atoms with Crippen LogP contribution in [-0.4, -0.2) is 0 Å². The number of nitrogens with zero attached hydrogens (tertiary/aromatic N) is 2. The van der Waals surface area contributed by atoms with Gasteiger partial charge in [0.2, 0.25) is 0 Å². The highest BCUT2D eigenvalue weighted by molar-refractivity contribution is 5.14. The molecule has 0 aliphatic heterocycles. The van der Waals surface area contributed by atoms with Crippen LogP contribution < -0.4 is 0 Å². The van der Waals surface area contributed by atoms with E-state index in [1.165, 1.54) is 6.08 Å². The van der Waals surface area contributed by atoms with Gasteiger partial charge in [-0.05, 0) is 18.8 Å². The van der Waals surface area contributed by atoms with E-state index in [1.54, 1.807) is 0 Å². The molecule has 2 heteroatoms. The Morgan fingerprint density at radius 1 is 1.42 bits per heavy atom.